The Labute approximate surface area is 118 Å². The Kier molecular flexibility index (Phi) is 6.11. The number of carbonyl (C=O) groups excluding carboxylic acids is 1. The highest BCUT2D eigenvalue weighted by Gasteiger charge is 2.10. The van der Waals surface area contributed by atoms with E-state index in [1.54, 1.807) is 31.4 Å². The largest absolute Gasteiger partial charge is 0.493 e. The molecule has 0 N–H and O–H groups in total. The van der Waals surface area contributed by atoms with Crippen LogP contribution < -0.4 is 9.47 Å². The van der Waals surface area contributed by atoms with Gasteiger partial charge in [-0.25, -0.2) is 4.79 Å². The molecular formula is C15H17NO4. The lowest BCUT2D eigenvalue weighted by Gasteiger charge is -2.10. The van der Waals surface area contributed by atoms with Gasteiger partial charge in [-0.05, 0) is 30.2 Å². The molecule has 106 valence electrons. The second-order valence-corrected chi connectivity index (χ2v) is 3.92. The maximum Gasteiger partial charge on any atom is 0.348 e. The molecule has 0 heterocycles. The summed E-state index contributed by atoms with van der Waals surface area (Å²) in [5.74, 6) is 0.511. The van der Waals surface area contributed by atoms with Gasteiger partial charge in [0.25, 0.3) is 0 Å². The van der Waals surface area contributed by atoms with E-state index in [9.17, 15) is 4.79 Å². The molecule has 1 aromatic rings. The molecule has 0 aliphatic carbocycles. The van der Waals surface area contributed by atoms with Crippen molar-refractivity contribution in [3.63, 3.8) is 0 Å². The summed E-state index contributed by atoms with van der Waals surface area (Å²) in [4.78, 5) is 11.4. The van der Waals surface area contributed by atoms with Crippen LogP contribution in [-0.2, 0) is 9.53 Å². The summed E-state index contributed by atoms with van der Waals surface area (Å²) in [6.07, 6.45) is 2.32. The number of nitrogens with zero attached hydrogens (tertiary/aromatic N) is 1. The number of hydrogen-bond acceptors (Lipinski definition) is 5. The van der Waals surface area contributed by atoms with E-state index < -0.39 is 5.97 Å². The molecule has 1 aromatic carbocycles. The summed E-state index contributed by atoms with van der Waals surface area (Å²) in [6.45, 7) is 2.56. The minimum Gasteiger partial charge on any atom is -0.493 e. The maximum atomic E-state index is 11.4. The van der Waals surface area contributed by atoms with Crippen LogP contribution in [0.3, 0.4) is 0 Å². The predicted molar refractivity (Wildman–Crippen MR) is 74.4 cm³/mol. The highest BCUT2D eigenvalue weighted by Crippen LogP contribution is 2.29. The number of ether oxygens (including phenoxy) is 3. The van der Waals surface area contributed by atoms with E-state index in [2.05, 4.69) is 4.74 Å². The first-order chi connectivity index (χ1) is 9.65. The van der Waals surface area contributed by atoms with Gasteiger partial charge < -0.3 is 14.2 Å². The van der Waals surface area contributed by atoms with Crippen molar-refractivity contribution >= 4 is 12.0 Å². The molecule has 1 rings (SSSR count). The van der Waals surface area contributed by atoms with E-state index >= 15 is 0 Å². The molecule has 0 aliphatic rings. The number of nitriles is 1. The molecule has 5 nitrogen and oxygen atoms in total. The predicted octanol–water partition coefficient (Wildman–Crippen LogP) is 2.56. The Morgan fingerprint density at radius 3 is 2.65 bits per heavy atom. The van der Waals surface area contributed by atoms with Crippen molar-refractivity contribution in [2.24, 2.45) is 0 Å². The summed E-state index contributed by atoms with van der Waals surface area (Å²) in [5, 5.41) is 8.93. The molecule has 0 radical (unpaired) electrons. The molecule has 0 bridgehead atoms. The normalized spacial score (nSPS) is 10.6. The number of benzene rings is 1. The first-order valence-electron chi connectivity index (χ1n) is 6.17. The molecule has 5 heteroatoms. The van der Waals surface area contributed by atoms with Gasteiger partial charge in [-0.1, -0.05) is 13.0 Å². The fourth-order valence-electron chi connectivity index (χ4n) is 1.52. The van der Waals surface area contributed by atoms with Crippen molar-refractivity contribution in [2.45, 2.75) is 13.3 Å². The molecule has 0 aromatic heterocycles. The SMILES string of the molecule is CCCOc1cc(/C=C(\C#N)C(=O)OC)ccc1OC. The average molecular weight is 275 g/mol. The maximum absolute atomic E-state index is 11.4. The van der Waals surface area contributed by atoms with Crippen LogP contribution in [0, 0.1) is 11.3 Å². The van der Waals surface area contributed by atoms with Crippen LogP contribution >= 0.6 is 0 Å². The van der Waals surface area contributed by atoms with Crippen molar-refractivity contribution in [3.05, 3.63) is 29.3 Å². The fourth-order valence-corrected chi connectivity index (χ4v) is 1.52. The third-order valence-electron chi connectivity index (χ3n) is 2.49. The molecular weight excluding hydrogens is 258 g/mol. The summed E-state index contributed by atoms with van der Waals surface area (Å²) in [6, 6.07) is 6.98. The zero-order chi connectivity index (χ0) is 15.0. The van der Waals surface area contributed by atoms with E-state index in [0.29, 0.717) is 23.7 Å². The third-order valence-corrected chi connectivity index (χ3v) is 2.49. The summed E-state index contributed by atoms with van der Waals surface area (Å²) in [7, 11) is 2.79. The van der Waals surface area contributed by atoms with Gasteiger partial charge in [0.15, 0.2) is 11.5 Å². The minimum atomic E-state index is -0.667. The zero-order valence-electron chi connectivity index (χ0n) is 11.8. The second kappa shape index (κ2) is 7.85. The quantitative estimate of drug-likeness (QED) is 0.453. The molecule has 20 heavy (non-hydrogen) atoms. The number of carbonyl (C=O) groups is 1. The van der Waals surface area contributed by atoms with Crippen molar-refractivity contribution in [1.29, 1.82) is 5.26 Å². The third kappa shape index (κ3) is 4.02. The summed E-state index contributed by atoms with van der Waals surface area (Å²) < 4.78 is 15.3. The minimum absolute atomic E-state index is 0.0703. The van der Waals surface area contributed by atoms with Crippen LogP contribution in [0.1, 0.15) is 18.9 Å². The zero-order valence-corrected chi connectivity index (χ0v) is 11.8. The Morgan fingerprint density at radius 1 is 1.35 bits per heavy atom. The Bertz CT molecular complexity index is 543. The van der Waals surface area contributed by atoms with E-state index in [1.807, 2.05) is 6.92 Å². The van der Waals surface area contributed by atoms with Crippen LogP contribution in [0.25, 0.3) is 6.08 Å². The lowest BCUT2D eigenvalue weighted by molar-refractivity contribution is -0.135. The van der Waals surface area contributed by atoms with Gasteiger partial charge in [0.05, 0.1) is 20.8 Å². The monoisotopic (exact) mass is 275 g/mol. The van der Waals surface area contributed by atoms with Gasteiger partial charge in [-0.3, -0.25) is 0 Å². The van der Waals surface area contributed by atoms with E-state index in [0.717, 1.165) is 6.42 Å². The molecule has 0 saturated heterocycles. The van der Waals surface area contributed by atoms with Gasteiger partial charge in [-0.2, -0.15) is 5.26 Å². The lowest BCUT2D eigenvalue weighted by Crippen LogP contribution is -2.02. The average Bonchev–Trinajstić information content (AvgIpc) is 2.49. The van der Waals surface area contributed by atoms with Crippen molar-refractivity contribution < 1.29 is 19.0 Å². The fraction of sp³-hybridized carbons (Fsp3) is 0.333. The number of rotatable bonds is 6. The number of methoxy groups -OCH3 is 2. The Hall–Kier alpha value is -2.48. The van der Waals surface area contributed by atoms with E-state index in [4.69, 9.17) is 14.7 Å². The Balaban J connectivity index is 3.10. The smallest absolute Gasteiger partial charge is 0.348 e. The molecule has 0 amide bonds. The first-order valence-corrected chi connectivity index (χ1v) is 6.17. The van der Waals surface area contributed by atoms with Crippen LogP contribution in [0.15, 0.2) is 23.8 Å². The van der Waals surface area contributed by atoms with Crippen molar-refractivity contribution in [1.82, 2.24) is 0 Å². The molecule has 0 unspecified atom stereocenters. The van der Waals surface area contributed by atoms with Gasteiger partial charge >= 0.3 is 5.97 Å². The highest BCUT2D eigenvalue weighted by molar-refractivity contribution is 5.97. The number of esters is 1. The molecule has 0 saturated carbocycles. The van der Waals surface area contributed by atoms with Crippen molar-refractivity contribution in [2.75, 3.05) is 20.8 Å². The van der Waals surface area contributed by atoms with Gasteiger partial charge in [0.2, 0.25) is 0 Å². The van der Waals surface area contributed by atoms with E-state index in [-0.39, 0.29) is 5.57 Å². The Morgan fingerprint density at radius 2 is 2.10 bits per heavy atom. The van der Waals surface area contributed by atoms with Gasteiger partial charge in [0.1, 0.15) is 11.6 Å². The lowest BCUT2D eigenvalue weighted by atomic mass is 10.1. The van der Waals surface area contributed by atoms with Crippen LogP contribution in [0.2, 0.25) is 0 Å². The molecule has 0 atom stereocenters. The van der Waals surface area contributed by atoms with Gasteiger partial charge in [-0.15, -0.1) is 0 Å². The number of hydrogen-bond donors (Lipinski definition) is 0. The topological polar surface area (TPSA) is 68.5 Å². The van der Waals surface area contributed by atoms with Crippen molar-refractivity contribution in [3.8, 4) is 17.6 Å². The highest BCUT2D eigenvalue weighted by atomic mass is 16.5. The standard InChI is InChI=1S/C15H17NO4/c1-4-7-20-14-9-11(5-6-13(14)18-2)8-12(10-16)15(17)19-3/h5-6,8-9H,4,7H2,1-3H3/b12-8+. The second-order valence-electron chi connectivity index (χ2n) is 3.92. The van der Waals surface area contributed by atoms with Crippen LogP contribution in [0.4, 0.5) is 0 Å². The van der Waals surface area contributed by atoms with Crippen LogP contribution in [0.5, 0.6) is 11.5 Å². The molecule has 0 fully saturated rings. The summed E-state index contributed by atoms with van der Waals surface area (Å²) in [5.41, 5.74) is 0.595. The molecule has 0 spiro atoms. The van der Waals surface area contributed by atoms with Crippen LogP contribution in [-0.4, -0.2) is 26.8 Å². The molecule has 0 aliphatic heterocycles. The van der Waals surface area contributed by atoms with E-state index in [1.165, 1.54) is 13.2 Å². The summed E-state index contributed by atoms with van der Waals surface area (Å²) >= 11 is 0. The van der Waals surface area contributed by atoms with Gasteiger partial charge in [0, 0.05) is 0 Å². The first kappa shape index (κ1) is 15.6.